The Labute approximate surface area is 131 Å². The molecule has 8 heteroatoms. The summed E-state index contributed by atoms with van der Waals surface area (Å²) in [5.41, 5.74) is 6.81. The molecule has 0 radical (unpaired) electrons. The first kappa shape index (κ1) is 16.8. The van der Waals surface area contributed by atoms with Crippen molar-refractivity contribution < 1.29 is 8.42 Å². The molecule has 1 aromatic rings. The van der Waals surface area contributed by atoms with Crippen LogP contribution in [0.5, 0.6) is 0 Å². The van der Waals surface area contributed by atoms with Crippen molar-refractivity contribution in [3.05, 3.63) is 11.4 Å². The first-order chi connectivity index (χ1) is 9.87. The van der Waals surface area contributed by atoms with Crippen LogP contribution in [0.4, 0.5) is 0 Å². The highest BCUT2D eigenvalue weighted by atomic mass is 32.2. The second-order valence-corrected chi connectivity index (χ2v) is 8.83. The van der Waals surface area contributed by atoms with Crippen LogP contribution in [0.1, 0.15) is 24.7 Å². The summed E-state index contributed by atoms with van der Waals surface area (Å²) in [6, 6.07) is 0. The molecule has 2 heterocycles. The molecule has 0 aromatic carbocycles. The van der Waals surface area contributed by atoms with Crippen molar-refractivity contribution in [2.45, 2.75) is 43.9 Å². The summed E-state index contributed by atoms with van der Waals surface area (Å²) >= 11 is 1.82. The van der Waals surface area contributed by atoms with Crippen LogP contribution in [0.3, 0.4) is 0 Å². The van der Waals surface area contributed by atoms with Gasteiger partial charge in [0.1, 0.15) is 4.90 Å². The van der Waals surface area contributed by atoms with Crippen LogP contribution in [-0.2, 0) is 16.6 Å². The van der Waals surface area contributed by atoms with E-state index < -0.39 is 10.0 Å². The predicted molar refractivity (Wildman–Crippen MR) is 86.1 cm³/mol. The summed E-state index contributed by atoms with van der Waals surface area (Å²) < 4.78 is 29.2. The quantitative estimate of drug-likeness (QED) is 0.869. The van der Waals surface area contributed by atoms with Crippen LogP contribution >= 0.6 is 11.8 Å². The van der Waals surface area contributed by atoms with Crippen molar-refractivity contribution in [3.63, 3.8) is 0 Å². The van der Waals surface area contributed by atoms with E-state index in [1.807, 2.05) is 18.7 Å². The lowest BCUT2D eigenvalue weighted by Crippen LogP contribution is -2.41. The Hall–Kier alpha value is -0.570. The van der Waals surface area contributed by atoms with Crippen molar-refractivity contribution in [2.24, 2.45) is 5.73 Å². The van der Waals surface area contributed by atoms with Crippen molar-refractivity contribution in [1.82, 2.24) is 14.1 Å². The van der Waals surface area contributed by atoms with Gasteiger partial charge in [0.15, 0.2) is 0 Å². The monoisotopic (exact) mass is 332 g/mol. The first-order valence-corrected chi connectivity index (χ1v) is 9.72. The maximum absolute atomic E-state index is 12.9. The normalized spacial score (nSPS) is 20.9. The molecule has 2 N–H and O–H groups in total. The Morgan fingerprint density at radius 1 is 1.43 bits per heavy atom. The van der Waals surface area contributed by atoms with E-state index in [9.17, 15) is 8.42 Å². The first-order valence-electron chi connectivity index (χ1n) is 7.23. The molecule has 0 spiro atoms. The van der Waals surface area contributed by atoms with E-state index in [1.165, 1.54) is 0 Å². The number of hydrogen-bond acceptors (Lipinski definition) is 5. The average molecular weight is 332 g/mol. The predicted octanol–water partition coefficient (Wildman–Crippen LogP) is 0.975. The number of sulfonamides is 1. The fourth-order valence-electron chi connectivity index (χ4n) is 2.65. The van der Waals surface area contributed by atoms with E-state index in [-0.39, 0.29) is 0 Å². The molecule has 1 aliphatic heterocycles. The lowest BCUT2D eigenvalue weighted by atomic mass is 10.4. The van der Waals surface area contributed by atoms with Crippen LogP contribution in [0.25, 0.3) is 0 Å². The van der Waals surface area contributed by atoms with E-state index in [4.69, 9.17) is 5.73 Å². The number of thioether (sulfide) groups is 1. The third-order valence-corrected chi connectivity index (χ3v) is 6.95. The highest BCUT2D eigenvalue weighted by molar-refractivity contribution is 8.00. The molecular weight excluding hydrogens is 308 g/mol. The molecule has 1 saturated heterocycles. The van der Waals surface area contributed by atoms with E-state index in [1.54, 1.807) is 15.9 Å². The van der Waals surface area contributed by atoms with Crippen LogP contribution in [0, 0.1) is 13.8 Å². The van der Waals surface area contributed by atoms with Gasteiger partial charge in [-0.25, -0.2) is 8.42 Å². The van der Waals surface area contributed by atoms with Gasteiger partial charge in [0.25, 0.3) is 0 Å². The molecule has 1 aliphatic rings. The average Bonchev–Trinajstić information content (AvgIpc) is 2.71. The zero-order valence-corrected chi connectivity index (χ0v) is 14.5. The van der Waals surface area contributed by atoms with Gasteiger partial charge >= 0.3 is 0 Å². The van der Waals surface area contributed by atoms with Crippen LogP contribution in [-0.4, -0.2) is 53.1 Å². The van der Waals surface area contributed by atoms with E-state index in [0.29, 0.717) is 47.7 Å². The maximum atomic E-state index is 12.9. The Morgan fingerprint density at radius 3 is 2.76 bits per heavy atom. The van der Waals surface area contributed by atoms with Crippen LogP contribution in [0.2, 0.25) is 0 Å². The van der Waals surface area contributed by atoms with Crippen molar-refractivity contribution in [1.29, 1.82) is 0 Å². The number of rotatable bonds is 5. The minimum Gasteiger partial charge on any atom is -0.330 e. The van der Waals surface area contributed by atoms with Gasteiger partial charge < -0.3 is 5.73 Å². The molecule has 1 fully saturated rings. The summed E-state index contributed by atoms with van der Waals surface area (Å²) in [7, 11) is -3.46. The highest BCUT2D eigenvalue weighted by Crippen LogP contribution is 2.28. The zero-order chi connectivity index (χ0) is 15.6. The molecule has 120 valence electrons. The number of nitrogens with zero attached hydrogens (tertiary/aromatic N) is 3. The minimum absolute atomic E-state index is 0.335. The Kier molecular flexibility index (Phi) is 5.34. The van der Waals surface area contributed by atoms with Crippen LogP contribution in [0.15, 0.2) is 4.90 Å². The van der Waals surface area contributed by atoms with Gasteiger partial charge in [0.2, 0.25) is 10.0 Å². The molecule has 0 aliphatic carbocycles. The highest BCUT2D eigenvalue weighted by Gasteiger charge is 2.33. The van der Waals surface area contributed by atoms with Crippen molar-refractivity contribution in [3.8, 4) is 0 Å². The third-order valence-electron chi connectivity index (χ3n) is 3.69. The zero-order valence-electron chi connectivity index (χ0n) is 12.9. The second kappa shape index (κ2) is 6.68. The fraction of sp³-hybridized carbons (Fsp3) is 0.769. The molecule has 0 bridgehead atoms. The molecule has 0 saturated carbocycles. The van der Waals surface area contributed by atoms with Crippen molar-refractivity contribution >= 4 is 21.8 Å². The molecule has 21 heavy (non-hydrogen) atoms. The number of aromatic nitrogens is 2. The minimum atomic E-state index is -3.46. The van der Waals surface area contributed by atoms with Gasteiger partial charge in [-0.1, -0.05) is 6.92 Å². The summed E-state index contributed by atoms with van der Waals surface area (Å²) in [5, 5.41) is 4.71. The van der Waals surface area contributed by atoms with Crippen molar-refractivity contribution in [2.75, 3.05) is 25.4 Å². The van der Waals surface area contributed by atoms with Gasteiger partial charge in [0.05, 0.1) is 11.4 Å². The number of nitrogens with two attached hydrogens (primary N) is 1. The SMILES string of the molecule is Cc1nn(CCCN)c(C)c1S(=O)(=O)N1CCSC(C)C1. The van der Waals surface area contributed by atoms with Gasteiger partial charge in [-0.3, -0.25) is 4.68 Å². The topological polar surface area (TPSA) is 81.2 Å². The number of aryl methyl sites for hydroxylation is 2. The summed E-state index contributed by atoms with van der Waals surface area (Å²) in [4.78, 5) is 0.374. The Bertz CT molecular complexity index is 598. The summed E-state index contributed by atoms with van der Waals surface area (Å²) in [6.45, 7) is 8.03. The van der Waals surface area contributed by atoms with E-state index in [2.05, 4.69) is 12.0 Å². The maximum Gasteiger partial charge on any atom is 0.246 e. The third kappa shape index (κ3) is 3.44. The lowest BCUT2D eigenvalue weighted by molar-refractivity contribution is 0.423. The summed E-state index contributed by atoms with van der Waals surface area (Å²) in [6.07, 6.45) is 0.791. The molecule has 1 unspecified atom stereocenters. The molecule has 0 amide bonds. The standard InChI is InChI=1S/C13H24N4O2S2/c1-10-9-16(7-8-20-10)21(18,19)13-11(2)15-17(12(13)3)6-4-5-14/h10H,4-9,14H2,1-3H3. The van der Waals surface area contributed by atoms with Gasteiger partial charge in [-0.05, 0) is 26.8 Å². The van der Waals surface area contributed by atoms with E-state index in [0.717, 1.165) is 12.2 Å². The van der Waals surface area contributed by atoms with E-state index >= 15 is 0 Å². The number of hydrogen-bond donors (Lipinski definition) is 1. The van der Waals surface area contributed by atoms with Gasteiger partial charge in [-0.2, -0.15) is 21.2 Å². The fourth-order valence-corrected chi connectivity index (χ4v) is 5.77. The lowest BCUT2D eigenvalue weighted by Gasteiger charge is -2.29. The summed E-state index contributed by atoms with van der Waals surface area (Å²) in [5.74, 6) is 0.847. The smallest absolute Gasteiger partial charge is 0.246 e. The van der Waals surface area contributed by atoms with Gasteiger partial charge in [-0.15, -0.1) is 0 Å². The molecule has 2 rings (SSSR count). The largest absolute Gasteiger partial charge is 0.330 e. The Balaban J connectivity index is 2.33. The second-order valence-electron chi connectivity index (χ2n) is 5.41. The molecule has 1 atom stereocenters. The van der Waals surface area contributed by atoms with Crippen LogP contribution < -0.4 is 5.73 Å². The molecule has 1 aromatic heterocycles. The molecule has 6 nitrogen and oxygen atoms in total. The molecular formula is C13H24N4O2S2. The van der Waals surface area contributed by atoms with Gasteiger partial charge in [0, 0.05) is 30.6 Å². The Morgan fingerprint density at radius 2 is 2.14 bits per heavy atom.